The van der Waals surface area contributed by atoms with Crippen molar-refractivity contribution in [1.82, 2.24) is 25.3 Å². The van der Waals surface area contributed by atoms with Crippen LogP contribution in [0.5, 0.6) is 0 Å². The summed E-state index contributed by atoms with van der Waals surface area (Å²) in [5, 5.41) is 11.4. The highest BCUT2D eigenvalue weighted by Crippen LogP contribution is 2.20. The van der Waals surface area contributed by atoms with Gasteiger partial charge in [0.05, 0.1) is 18.8 Å². The van der Waals surface area contributed by atoms with E-state index in [1.165, 1.54) is 11.1 Å². The van der Waals surface area contributed by atoms with Crippen molar-refractivity contribution >= 4 is 0 Å². The van der Waals surface area contributed by atoms with Gasteiger partial charge in [0, 0.05) is 25.1 Å². The summed E-state index contributed by atoms with van der Waals surface area (Å²) >= 11 is 0. The molecule has 0 saturated carbocycles. The van der Waals surface area contributed by atoms with Crippen molar-refractivity contribution in [3.05, 3.63) is 78.4 Å². The van der Waals surface area contributed by atoms with E-state index < -0.39 is 0 Å². The molecule has 1 aromatic carbocycles. The Bertz CT molecular complexity index is 597. The normalized spacial score (nSPS) is 12.2. The van der Waals surface area contributed by atoms with Gasteiger partial charge in [-0.05, 0) is 23.3 Å². The van der Waals surface area contributed by atoms with E-state index in [9.17, 15) is 0 Å². The summed E-state index contributed by atoms with van der Waals surface area (Å²) in [5.41, 5.74) is 2.44. The third-order valence-electron chi connectivity index (χ3n) is 3.33. The van der Waals surface area contributed by atoms with Crippen molar-refractivity contribution in [2.75, 3.05) is 6.54 Å². The number of nitrogens with one attached hydrogen (secondary N) is 1. The van der Waals surface area contributed by atoms with Gasteiger partial charge in [-0.2, -0.15) is 0 Å². The van der Waals surface area contributed by atoms with Gasteiger partial charge in [0.25, 0.3) is 0 Å². The van der Waals surface area contributed by atoms with Crippen molar-refractivity contribution in [2.45, 2.75) is 12.6 Å². The first-order chi connectivity index (χ1) is 10.4. The fourth-order valence-electron chi connectivity index (χ4n) is 2.30. The van der Waals surface area contributed by atoms with Gasteiger partial charge in [-0.1, -0.05) is 35.5 Å². The predicted molar refractivity (Wildman–Crippen MR) is 80.5 cm³/mol. The molecular formula is C16H17N5. The largest absolute Gasteiger partial charge is 0.304 e. The third-order valence-corrected chi connectivity index (χ3v) is 3.33. The zero-order chi connectivity index (χ0) is 14.3. The van der Waals surface area contributed by atoms with E-state index in [1.807, 2.05) is 41.5 Å². The van der Waals surface area contributed by atoms with Gasteiger partial charge in [0.2, 0.25) is 0 Å². The molecule has 0 saturated heterocycles. The number of rotatable bonds is 6. The molecule has 0 radical (unpaired) electrons. The highest BCUT2D eigenvalue weighted by molar-refractivity contribution is 5.30. The Morgan fingerprint density at radius 2 is 1.71 bits per heavy atom. The average Bonchev–Trinajstić information content (AvgIpc) is 3.07. The van der Waals surface area contributed by atoms with Crippen LogP contribution in [0.1, 0.15) is 17.2 Å². The number of pyridine rings is 1. The van der Waals surface area contributed by atoms with Crippen LogP contribution in [0.25, 0.3) is 0 Å². The van der Waals surface area contributed by atoms with Crippen LogP contribution in [-0.4, -0.2) is 26.5 Å². The molecule has 21 heavy (non-hydrogen) atoms. The Labute approximate surface area is 123 Å². The van der Waals surface area contributed by atoms with Crippen molar-refractivity contribution in [2.24, 2.45) is 0 Å². The summed E-state index contributed by atoms with van der Waals surface area (Å²) in [6.07, 6.45) is 7.21. The second-order valence-corrected chi connectivity index (χ2v) is 4.74. The van der Waals surface area contributed by atoms with Gasteiger partial charge in [-0.3, -0.25) is 9.67 Å². The molecule has 0 aliphatic carbocycles. The summed E-state index contributed by atoms with van der Waals surface area (Å²) in [7, 11) is 0. The fourth-order valence-corrected chi connectivity index (χ4v) is 2.30. The molecule has 3 rings (SSSR count). The Kier molecular flexibility index (Phi) is 4.33. The van der Waals surface area contributed by atoms with Crippen molar-refractivity contribution < 1.29 is 0 Å². The number of nitrogens with zero attached hydrogens (tertiary/aromatic N) is 4. The highest BCUT2D eigenvalue weighted by Gasteiger charge is 2.12. The lowest BCUT2D eigenvalue weighted by Gasteiger charge is -2.19. The molecule has 0 fully saturated rings. The van der Waals surface area contributed by atoms with Crippen LogP contribution in [0.2, 0.25) is 0 Å². The van der Waals surface area contributed by atoms with Crippen LogP contribution >= 0.6 is 0 Å². The molecule has 0 amide bonds. The zero-order valence-electron chi connectivity index (χ0n) is 11.6. The van der Waals surface area contributed by atoms with Crippen LogP contribution in [0.15, 0.2) is 67.3 Å². The fraction of sp³-hybridized carbons (Fsp3) is 0.188. The van der Waals surface area contributed by atoms with Gasteiger partial charge in [0.1, 0.15) is 0 Å². The number of hydrogen-bond donors (Lipinski definition) is 1. The Balaban J connectivity index is 1.73. The van der Waals surface area contributed by atoms with Gasteiger partial charge < -0.3 is 5.32 Å². The first-order valence-electron chi connectivity index (χ1n) is 6.96. The summed E-state index contributed by atoms with van der Waals surface area (Å²) in [5.74, 6) is 0. The molecule has 1 atom stereocenters. The molecule has 0 aliphatic rings. The molecule has 0 bridgehead atoms. The maximum Gasteiger partial charge on any atom is 0.0692 e. The number of hydrogen-bond acceptors (Lipinski definition) is 4. The molecule has 1 unspecified atom stereocenters. The molecule has 5 heteroatoms. The Morgan fingerprint density at radius 1 is 0.952 bits per heavy atom. The molecular weight excluding hydrogens is 262 g/mol. The standard InChI is InChI=1S/C16H17N5/c1-2-4-14(5-3-1)16(15-6-8-17-9-7-15)18-10-12-21-13-11-19-20-21/h1-9,11,13,16,18H,10,12H2. The molecule has 0 aliphatic heterocycles. The van der Waals surface area contributed by atoms with Crippen molar-refractivity contribution in [1.29, 1.82) is 0 Å². The van der Waals surface area contributed by atoms with Crippen molar-refractivity contribution in [3.63, 3.8) is 0 Å². The number of aromatic nitrogens is 4. The van der Waals surface area contributed by atoms with Crippen LogP contribution < -0.4 is 5.32 Å². The second-order valence-electron chi connectivity index (χ2n) is 4.74. The lowest BCUT2D eigenvalue weighted by atomic mass is 10.00. The van der Waals surface area contributed by atoms with Gasteiger partial charge >= 0.3 is 0 Å². The maximum absolute atomic E-state index is 4.09. The first kappa shape index (κ1) is 13.5. The van der Waals surface area contributed by atoms with E-state index >= 15 is 0 Å². The minimum absolute atomic E-state index is 0.151. The maximum atomic E-state index is 4.09. The van der Waals surface area contributed by atoms with Crippen LogP contribution in [0.3, 0.4) is 0 Å². The predicted octanol–water partition coefficient (Wildman–Crippen LogP) is 2.05. The SMILES string of the molecule is c1ccc(C(NCCn2ccnn2)c2ccncc2)cc1. The summed E-state index contributed by atoms with van der Waals surface area (Å²) in [6, 6.07) is 14.6. The Morgan fingerprint density at radius 3 is 2.43 bits per heavy atom. The quantitative estimate of drug-likeness (QED) is 0.750. The van der Waals surface area contributed by atoms with E-state index in [4.69, 9.17) is 0 Å². The summed E-state index contributed by atoms with van der Waals surface area (Å²) < 4.78 is 1.82. The van der Waals surface area contributed by atoms with Gasteiger partial charge in [0.15, 0.2) is 0 Å². The number of benzene rings is 1. The van der Waals surface area contributed by atoms with E-state index in [1.54, 1.807) is 6.20 Å². The lowest BCUT2D eigenvalue weighted by Crippen LogP contribution is -2.26. The second kappa shape index (κ2) is 6.76. The van der Waals surface area contributed by atoms with Crippen LogP contribution in [0.4, 0.5) is 0 Å². The van der Waals surface area contributed by atoms with Crippen molar-refractivity contribution in [3.8, 4) is 0 Å². The first-order valence-corrected chi connectivity index (χ1v) is 6.96. The minimum Gasteiger partial charge on any atom is -0.304 e. The third kappa shape index (κ3) is 3.52. The van der Waals surface area contributed by atoms with Gasteiger partial charge in [-0.15, -0.1) is 5.10 Å². The molecule has 1 N–H and O–H groups in total. The molecule has 5 nitrogen and oxygen atoms in total. The molecule has 2 aromatic heterocycles. The van der Waals surface area contributed by atoms with Crippen LogP contribution in [0, 0.1) is 0 Å². The zero-order valence-corrected chi connectivity index (χ0v) is 11.6. The molecule has 106 valence electrons. The molecule has 3 aromatic rings. The minimum atomic E-state index is 0.151. The smallest absolute Gasteiger partial charge is 0.0692 e. The lowest BCUT2D eigenvalue weighted by molar-refractivity contribution is 0.512. The van der Waals surface area contributed by atoms with E-state index in [0.29, 0.717) is 0 Å². The van der Waals surface area contributed by atoms with Gasteiger partial charge in [-0.25, -0.2) is 0 Å². The highest BCUT2D eigenvalue weighted by atomic mass is 15.4. The molecule has 2 heterocycles. The van der Waals surface area contributed by atoms with E-state index in [2.05, 4.69) is 44.9 Å². The topological polar surface area (TPSA) is 55.6 Å². The Hall–Kier alpha value is -2.53. The summed E-state index contributed by atoms with van der Waals surface area (Å²) in [4.78, 5) is 4.09. The van der Waals surface area contributed by atoms with Crippen LogP contribution in [-0.2, 0) is 6.54 Å². The molecule has 0 spiro atoms. The average molecular weight is 279 g/mol. The monoisotopic (exact) mass is 279 g/mol. The van der Waals surface area contributed by atoms with E-state index in [0.717, 1.165) is 13.1 Å². The van der Waals surface area contributed by atoms with E-state index in [-0.39, 0.29) is 6.04 Å². The summed E-state index contributed by atoms with van der Waals surface area (Å²) in [6.45, 7) is 1.60.